The summed E-state index contributed by atoms with van der Waals surface area (Å²) in [7, 11) is 0. The van der Waals surface area contributed by atoms with Crippen molar-refractivity contribution in [3.63, 3.8) is 0 Å². The average molecular weight is 368 g/mol. The molecule has 5 heteroatoms. The number of aromatic nitrogens is 3. The van der Waals surface area contributed by atoms with Crippen molar-refractivity contribution in [1.29, 1.82) is 0 Å². The third-order valence-electron chi connectivity index (χ3n) is 2.81. The van der Waals surface area contributed by atoms with Crippen LogP contribution in [0, 0.1) is 10.5 Å². The molecule has 2 N–H and O–H groups in total. The third kappa shape index (κ3) is 2.86. The van der Waals surface area contributed by atoms with Crippen molar-refractivity contribution in [2.75, 3.05) is 5.73 Å². The van der Waals surface area contributed by atoms with Crippen LogP contribution in [-0.2, 0) is 5.41 Å². The fourth-order valence-electron chi connectivity index (χ4n) is 1.79. The topological polar surface area (TPSA) is 64.7 Å². The van der Waals surface area contributed by atoms with Gasteiger partial charge in [-0.25, -0.2) is 9.97 Å². The number of nitrogen functional groups attached to an aromatic ring is 1. The zero-order valence-corrected chi connectivity index (χ0v) is 13.7. The highest BCUT2D eigenvalue weighted by atomic mass is 127. The second-order valence-corrected chi connectivity index (χ2v) is 6.59. The number of halogens is 1. The molecule has 0 aromatic carbocycles. The smallest absolute Gasteiger partial charge is 0.180 e. The van der Waals surface area contributed by atoms with Crippen molar-refractivity contribution < 1.29 is 0 Å². The van der Waals surface area contributed by atoms with E-state index in [1.165, 1.54) is 0 Å². The van der Waals surface area contributed by atoms with Gasteiger partial charge in [0.2, 0.25) is 0 Å². The molecule has 0 saturated heterocycles. The van der Waals surface area contributed by atoms with E-state index >= 15 is 0 Å². The summed E-state index contributed by atoms with van der Waals surface area (Å²) in [6.07, 6.45) is 1.75. The summed E-state index contributed by atoms with van der Waals surface area (Å²) in [6, 6.07) is 3.90. The lowest BCUT2D eigenvalue weighted by Crippen LogP contribution is -2.18. The van der Waals surface area contributed by atoms with Crippen LogP contribution in [0.4, 0.5) is 5.82 Å². The number of aryl methyl sites for hydroxylation is 1. The summed E-state index contributed by atoms with van der Waals surface area (Å²) in [5, 5.41) is 0. The number of rotatable bonds is 1. The van der Waals surface area contributed by atoms with Gasteiger partial charge in [0.1, 0.15) is 11.5 Å². The normalized spacial score (nSPS) is 11.6. The molecule has 0 radical (unpaired) electrons. The zero-order valence-electron chi connectivity index (χ0n) is 11.5. The van der Waals surface area contributed by atoms with Gasteiger partial charge in [0.05, 0.1) is 9.26 Å². The van der Waals surface area contributed by atoms with E-state index in [-0.39, 0.29) is 5.41 Å². The Bertz CT molecular complexity index is 617. The van der Waals surface area contributed by atoms with Gasteiger partial charge in [-0.1, -0.05) is 26.8 Å². The Morgan fingerprint density at radius 2 is 1.89 bits per heavy atom. The minimum Gasteiger partial charge on any atom is -0.383 e. The third-order valence-corrected chi connectivity index (χ3v) is 3.87. The van der Waals surface area contributed by atoms with Crippen LogP contribution in [-0.4, -0.2) is 15.0 Å². The van der Waals surface area contributed by atoms with E-state index in [9.17, 15) is 0 Å². The molecule has 0 aliphatic heterocycles. The lowest BCUT2D eigenvalue weighted by atomic mass is 9.92. The lowest BCUT2D eigenvalue weighted by molar-refractivity contribution is 0.564. The molecular weight excluding hydrogens is 351 g/mol. The van der Waals surface area contributed by atoms with Gasteiger partial charge in [-0.15, -0.1) is 0 Å². The maximum absolute atomic E-state index is 6.02. The van der Waals surface area contributed by atoms with Crippen LogP contribution in [0.1, 0.15) is 32.0 Å². The lowest BCUT2D eigenvalue weighted by Gasteiger charge is -2.21. The Kier molecular flexibility index (Phi) is 3.75. The van der Waals surface area contributed by atoms with E-state index in [2.05, 4.69) is 58.3 Å². The maximum Gasteiger partial charge on any atom is 0.180 e. The molecule has 0 bridgehead atoms. The first-order chi connectivity index (χ1) is 8.80. The van der Waals surface area contributed by atoms with Crippen LogP contribution in [0.25, 0.3) is 11.5 Å². The predicted octanol–water partition coefficient (Wildman–Crippen LogP) is 3.33. The Labute approximate surface area is 127 Å². The standard InChI is InChI=1S/C14H17IN4/c1-8-6-5-7-17-10(8)13-18-11(14(2,3)4)9(15)12(16)19-13/h5-7H,1-4H3,(H2,16,18,19). The molecule has 2 aromatic heterocycles. The summed E-state index contributed by atoms with van der Waals surface area (Å²) in [4.78, 5) is 13.4. The van der Waals surface area contributed by atoms with Gasteiger partial charge in [-0.3, -0.25) is 4.98 Å². The van der Waals surface area contributed by atoms with E-state index < -0.39 is 0 Å². The first-order valence-corrected chi connectivity index (χ1v) is 7.14. The van der Waals surface area contributed by atoms with Crippen LogP contribution >= 0.6 is 22.6 Å². The summed E-state index contributed by atoms with van der Waals surface area (Å²) in [5.41, 5.74) is 8.73. The molecule has 0 saturated carbocycles. The highest BCUT2D eigenvalue weighted by Crippen LogP contribution is 2.30. The summed E-state index contributed by atoms with van der Waals surface area (Å²) in [5.74, 6) is 1.11. The quantitative estimate of drug-likeness (QED) is 0.785. The number of hydrogen-bond donors (Lipinski definition) is 1. The molecule has 0 spiro atoms. The monoisotopic (exact) mass is 368 g/mol. The summed E-state index contributed by atoms with van der Waals surface area (Å²) >= 11 is 2.20. The van der Waals surface area contributed by atoms with Crippen molar-refractivity contribution in [1.82, 2.24) is 15.0 Å². The molecule has 19 heavy (non-hydrogen) atoms. The molecule has 0 atom stereocenters. The van der Waals surface area contributed by atoms with E-state index in [4.69, 9.17) is 5.73 Å². The highest BCUT2D eigenvalue weighted by molar-refractivity contribution is 14.1. The SMILES string of the molecule is Cc1cccnc1-c1nc(N)c(I)c(C(C)(C)C)n1. The molecular formula is C14H17IN4. The molecule has 0 fully saturated rings. The predicted molar refractivity (Wildman–Crippen MR) is 85.8 cm³/mol. The van der Waals surface area contributed by atoms with Crippen molar-refractivity contribution in [2.24, 2.45) is 0 Å². The highest BCUT2D eigenvalue weighted by Gasteiger charge is 2.23. The van der Waals surface area contributed by atoms with Crippen molar-refractivity contribution >= 4 is 28.4 Å². The fraction of sp³-hybridized carbons (Fsp3) is 0.357. The van der Waals surface area contributed by atoms with Gasteiger partial charge >= 0.3 is 0 Å². The second-order valence-electron chi connectivity index (χ2n) is 5.51. The van der Waals surface area contributed by atoms with Crippen molar-refractivity contribution in [3.8, 4) is 11.5 Å². The van der Waals surface area contributed by atoms with Gasteiger partial charge < -0.3 is 5.73 Å². The van der Waals surface area contributed by atoms with Crippen LogP contribution in [0.15, 0.2) is 18.3 Å². The van der Waals surface area contributed by atoms with E-state index in [0.717, 1.165) is 20.5 Å². The van der Waals surface area contributed by atoms with Gasteiger partial charge in [-0.2, -0.15) is 0 Å². The minimum atomic E-state index is -0.0784. The largest absolute Gasteiger partial charge is 0.383 e. The van der Waals surface area contributed by atoms with E-state index in [1.807, 2.05) is 19.1 Å². The van der Waals surface area contributed by atoms with Gasteiger partial charge in [0.15, 0.2) is 5.82 Å². The molecule has 0 aliphatic rings. The van der Waals surface area contributed by atoms with Crippen LogP contribution in [0.5, 0.6) is 0 Å². The first kappa shape index (κ1) is 14.2. The minimum absolute atomic E-state index is 0.0784. The van der Waals surface area contributed by atoms with Crippen LogP contribution in [0.3, 0.4) is 0 Å². The molecule has 2 heterocycles. The summed E-state index contributed by atoms with van der Waals surface area (Å²) in [6.45, 7) is 8.35. The number of anilines is 1. The van der Waals surface area contributed by atoms with Crippen molar-refractivity contribution in [3.05, 3.63) is 33.2 Å². The zero-order chi connectivity index (χ0) is 14.2. The molecule has 0 amide bonds. The number of nitrogens with two attached hydrogens (primary N) is 1. The van der Waals surface area contributed by atoms with E-state index in [0.29, 0.717) is 11.6 Å². The first-order valence-electron chi connectivity index (χ1n) is 6.06. The number of nitrogens with zero attached hydrogens (tertiary/aromatic N) is 3. The van der Waals surface area contributed by atoms with Gasteiger partial charge in [0.25, 0.3) is 0 Å². The Morgan fingerprint density at radius 3 is 2.47 bits per heavy atom. The fourth-order valence-corrected chi connectivity index (χ4v) is 2.84. The molecule has 100 valence electrons. The second kappa shape index (κ2) is 5.03. The molecule has 4 nitrogen and oxygen atoms in total. The van der Waals surface area contributed by atoms with E-state index in [1.54, 1.807) is 6.20 Å². The Balaban J connectivity index is 2.68. The number of hydrogen-bond acceptors (Lipinski definition) is 4. The molecule has 0 aliphatic carbocycles. The van der Waals surface area contributed by atoms with Crippen molar-refractivity contribution in [2.45, 2.75) is 33.1 Å². The molecule has 2 aromatic rings. The Morgan fingerprint density at radius 1 is 1.21 bits per heavy atom. The van der Waals surface area contributed by atoms with Gasteiger partial charge in [-0.05, 0) is 41.1 Å². The molecule has 0 unspecified atom stereocenters. The Hall–Kier alpha value is -1.24. The number of pyridine rings is 1. The van der Waals surface area contributed by atoms with Crippen LogP contribution in [0.2, 0.25) is 0 Å². The summed E-state index contributed by atoms with van der Waals surface area (Å²) < 4.78 is 0.919. The van der Waals surface area contributed by atoms with Gasteiger partial charge in [0, 0.05) is 11.6 Å². The van der Waals surface area contributed by atoms with Crippen LogP contribution < -0.4 is 5.73 Å². The maximum atomic E-state index is 6.02. The molecule has 2 rings (SSSR count). The average Bonchev–Trinajstić information content (AvgIpc) is 2.31.